The maximum absolute atomic E-state index is 14.9. The summed E-state index contributed by atoms with van der Waals surface area (Å²) in [6, 6.07) is 8.08. The Hall–Kier alpha value is -6.84. The van der Waals surface area contributed by atoms with Gasteiger partial charge in [-0.05, 0) is 172 Å². The molecule has 22 aliphatic heterocycles. The van der Waals surface area contributed by atoms with Gasteiger partial charge in [0.1, 0.15) is 183 Å². The third-order valence-corrected chi connectivity index (χ3v) is 31.6. The monoisotopic (exact) mass is 1990 g/mol. The standard InChI is InChI=1S/C94H141N9O37/c1-40(2)60(82(125)97-41(3)80(123)98-44-22-18-42-20-24-57-91(4,46(42)31-44)26-13-28-93(57,6)89(126)100-90(127)94(7)29-14-27-92(5)47-32-45(109)23-19-43(47)21-25-58(92)94)99-81(124)48(95)15-11-12-30-96-59(110)39-128-50-17-10-8-9-16-49-61(50)101-102-103(49)33-51-74-62(111)68(117)83(129-51)136-75-52(34-104)131-85(70(119)64(75)113)138-77-54(36-106)133-87(72(121)66(77)115)140-79-56(38-108)134-88(73(122)67(79)116)139-78-55(37-107)132-86(71(120)65(78)114)137-76-53(35-105)130-84(135-74)69(118)63(76)112/h18-19,22-23,31-32,40-41,48,50-58,60,62-79,83-88,104-109,111-122H,8-17,20-21,24-30,33-39,95H2,1-7H3,(H,96,110)(H,97,125)(H,98,123)(H,99,124)(H,100,126,127)/t41-,48+,50?,51?,52?,53?,54?,55?,56?,57+,58?,60-,62?,63?,64?,65?,66?,67?,68?,69?,70?,71?,72?,73?,74?,75?,76?,77?,78?,79?,83?,84?,85?,86?,87?,88?,91+,92?,93-,94?/m0/s1. The highest BCUT2D eigenvalue weighted by atomic mass is 16.8. The smallest absolute Gasteiger partial charge is 0.246 e. The number of benzene rings is 2. The van der Waals surface area contributed by atoms with E-state index < -0.39 is 300 Å². The normalized spacial score (nSPS) is 41.3. The Morgan fingerprint density at radius 1 is 0.471 bits per heavy atom. The lowest BCUT2D eigenvalue weighted by Crippen LogP contribution is -2.69. The van der Waals surface area contributed by atoms with E-state index in [2.05, 4.69) is 50.7 Å². The van der Waals surface area contributed by atoms with E-state index in [1.54, 1.807) is 19.9 Å². The van der Waals surface area contributed by atoms with Crippen LogP contribution in [0.3, 0.4) is 0 Å². The van der Waals surface area contributed by atoms with Gasteiger partial charge in [0, 0.05) is 12.2 Å². The summed E-state index contributed by atoms with van der Waals surface area (Å²) in [5.74, 6) is -3.23. The number of amides is 6. The van der Waals surface area contributed by atoms with Crippen molar-refractivity contribution in [3.63, 3.8) is 0 Å². The highest BCUT2D eigenvalue weighted by molar-refractivity contribution is 6.01. The van der Waals surface area contributed by atoms with Crippen LogP contribution in [0.5, 0.6) is 5.75 Å². The first kappa shape index (κ1) is 107. The molecule has 2 aromatic carbocycles. The molecule has 34 unspecified atom stereocenters. The summed E-state index contributed by atoms with van der Waals surface area (Å²) in [6.45, 7) is 7.24. The van der Waals surface area contributed by atoms with Gasteiger partial charge in [0.25, 0.3) is 0 Å². The molecule has 0 radical (unpaired) electrons. The molecule has 140 heavy (non-hydrogen) atoms. The van der Waals surface area contributed by atoms with Crippen molar-refractivity contribution in [1.82, 2.24) is 36.3 Å². The third-order valence-electron chi connectivity index (χ3n) is 31.6. The van der Waals surface area contributed by atoms with E-state index in [4.69, 9.17) is 67.3 Å². The van der Waals surface area contributed by atoms with E-state index in [9.17, 15) is 121 Å². The second-order valence-electron chi connectivity index (χ2n) is 41.1. The number of unbranched alkanes of at least 4 members (excludes halogenated alkanes) is 1. The number of aromatic nitrogens is 3. The van der Waals surface area contributed by atoms with Gasteiger partial charge < -0.3 is 180 Å². The number of hydrogen-bond acceptors (Lipinski definition) is 40. The molecule has 2 saturated carbocycles. The van der Waals surface area contributed by atoms with Gasteiger partial charge in [-0.1, -0.05) is 84.6 Å². The maximum Gasteiger partial charge on any atom is 0.246 e. The van der Waals surface area contributed by atoms with Gasteiger partial charge in [0.15, 0.2) is 37.7 Å². The first-order chi connectivity index (χ1) is 66.6. The summed E-state index contributed by atoms with van der Waals surface area (Å²) in [4.78, 5) is 85.1. The number of carbonyl (C=O) groups is 6. The molecule has 22 saturated heterocycles. The number of imide groups is 1. The number of anilines is 1. The molecule has 46 nitrogen and oxygen atoms in total. The molecule has 46 heteroatoms. The molecule has 3 aromatic rings. The fraction of sp³-hybridized carbons (Fsp3) is 0.787. The maximum atomic E-state index is 14.9. The Morgan fingerprint density at radius 3 is 1.31 bits per heavy atom. The average Bonchev–Trinajstić information content (AvgIpc) is 0.743. The number of nitrogens with zero attached hydrogens (tertiary/aromatic N) is 3. The van der Waals surface area contributed by atoms with Crippen LogP contribution < -0.4 is 32.3 Å². The number of aromatic hydroxyl groups is 1. The number of aryl methyl sites for hydroxylation is 2. The number of phenolic OH excluding ortho intramolecular Hbond substituents is 1. The molecule has 12 bridgehead atoms. The first-order valence-electron chi connectivity index (χ1n) is 49.0. The molecular formula is C94H141N9O37. The molecular weight excluding hydrogens is 1850 g/mol. The van der Waals surface area contributed by atoms with Crippen molar-refractivity contribution in [3.8, 4) is 5.75 Å². The molecule has 5 aliphatic carbocycles. The van der Waals surface area contributed by atoms with Crippen LogP contribution in [-0.2, 0) is 127 Å². The second-order valence-corrected chi connectivity index (χ2v) is 41.1. The van der Waals surface area contributed by atoms with E-state index in [0.29, 0.717) is 69.2 Å². The highest BCUT2D eigenvalue weighted by Gasteiger charge is 2.63. The minimum atomic E-state index is -2.26. The van der Waals surface area contributed by atoms with Crippen LogP contribution in [0.2, 0.25) is 0 Å². The molecule has 0 spiro atoms. The van der Waals surface area contributed by atoms with Gasteiger partial charge in [-0.15, -0.1) is 5.10 Å². The van der Waals surface area contributed by atoms with Crippen LogP contribution in [0.25, 0.3) is 0 Å². The number of fused-ring (bicyclic) bond motifs is 7. The van der Waals surface area contributed by atoms with E-state index in [-0.39, 0.29) is 59.9 Å². The molecule has 27 aliphatic rings. The summed E-state index contributed by atoms with van der Waals surface area (Å²) < 4.78 is 79.0. The van der Waals surface area contributed by atoms with Crippen LogP contribution >= 0.6 is 0 Å². The largest absolute Gasteiger partial charge is 0.508 e. The lowest BCUT2D eigenvalue weighted by Gasteiger charge is -2.56. The van der Waals surface area contributed by atoms with Crippen molar-refractivity contribution in [1.29, 1.82) is 0 Å². The Morgan fingerprint density at radius 2 is 0.886 bits per heavy atom. The Bertz CT molecular complexity index is 4750. The van der Waals surface area contributed by atoms with Crippen molar-refractivity contribution in [3.05, 3.63) is 70.0 Å². The Labute approximate surface area is 807 Å². The van der Waals surface area contributed by atoms with Crippen molar-refractivity contribution >= 4 is 41.1 Å². The molecule has 6 amide bonds. The molecule has 40 atom stereocenters. The number of nitrogens with one attached hydrogen (secondary N) is 5. The molecule has 784 valence electrons. The van der Waals surface area contributed by atoms with Crippen LogP contribution in [0.1, 0.15) is 185 Å². The SMILES string of the molecule is CC(C)[C@H](NC(=O)[C@H](N)CCCCNC(=O)COC1CCCCCc2c1nnn2CC1OC2OC3C(CO)OC(OC4C(CO)OC(OC5C(CO)OC(OC6C(CO)OC(OC7C(CO)OC(OC1C(O)C2O)C(O)C7O)C(O)C6O)C(O)C5O)C(O)C4O)C(O)C3O)C(=O)N[C@@H](C)C(=O)Nc1ccc2c(c1)[C@@]1(C)CCC[C@](C)(C(=O)NC(=O)C3(C)CCCC4(C)c5cc(O)ccc5CCC34)[C@@H]1CC2. The lowest BCUT2D eigenvalue weighted by atomic mass is 9.49. The molecule has 25 N–H and O–H groups in total. The fourth-order valence-electron chi connectivity index (χ4n) is 23.6. The predicted octanol–water partition coefficient (Wildman–Crippen LogP) is -5.61. The van der Waals surface area contributed by atoms with E-state index in [1.165, 1.54) is 17.2 Å². The third kappa shape index (κ3) is 21.5. The van der Waals surface area contributed by atoms with Gasteiger partial charge in [0.2, 0.25) is 35.4 Å². The number of phenols is 1. The fourth-order valence-corrected chi connectivity index (χ4v) is 23.6. The van der Waals surface area contributed by atoms with Crippen LogP contribution in [0.15, 0.2) is 36.4 Å². The number of carbonyl (C=O) groups excluding carboxylic acids is 6. The summed E-state index contributed by atoms with van der Waals surface area (Å²) in [5, 5.41) is 228. The number of ether oxygens (including phenoxy) is 13. The highest BCUT2D eigenvalue weighted by Crippen LogP contribution is 2.61. The zero-order valence-electron chi connectivity index (χ0n) is 79.4. The second kappa shape index (κ2) is 44.8. The van der Waals surface area contributed by atoms with E-state index in [1.807, 2.05) is 44.2 Å². The van der Waals surface area contributed by atoms with Gasteiger partial charge in [-0.3, -0.25) is 34.1 Å². The van der Waals surface area contributed by atoms with E-state index in [0.717, 1.165) is 61.6 Å². The van der Waals surface area contributed by atoms with Gasteiger partial charge in [-0.2, -0.15) is 0 Å². The zero-order valence-corrected chi connectivity index (χ0v) is 79.4. The van der Waals surface area contributed by atoms with Gasteiger partial charge in [0.05, 0.1) is 62.1 Å². The van der Waals surface area contributed by atoms with Crippen LogP contribution in [0.4, 0.5) is 5.69 Å². The van der Waals surface area contributed by atoms with Crippen molar-refractivity contribution in [2.45, 2.75) is 390 Å². The number of rotatable bonds is 24. The lowest BCUT2D eigenvalue weighted by molar-refractivity contribution is -0.403. The molecule has 23 heterocycles. The Balaban J connectivity index is 0.557. The van der Waals surface area contributed by atoms with Crippen molar-refractivity contribution in [2.75, 3.05) is 51.5 Å². The van der Waals surface area contributed by atoms with Crippen LogP contribution in [0, 0.1) is 28.6 Å². The number of aliphatic hydroxyl groups excluding tert-OH is 17. The first-order valence-corrected chi connectivity index (χ1v) is 49.0. The minimum absolute atomic E-state index is 0.0371. The van der Waals surface area contributed by atoms with Gasteiger partial charge in [-0.25, -0.2) is 4.68 Å². The van der Waals surface area contributed by atoms with Gasteiger partial charge >= 0.3 is 0 Å². The summed E-state index contributed by atoms with van der Waals surface area (Å²) in [6.07, 6.45) is -51.1. The topological polar surface area (TPSA) is 703 Å². The summed E-state index contributed by atoms with van der Waals surface area (Å²) >= 11 is 0. The van der Waals surface area contributed by atoms with Crippen LogP contribution in [-0.4, -0.2) is 391 Å². The van der Waals surface area contributed by atoms with Crippen molar-refractivity contribution < 1.29 is 182 Å². The summed E-state index contributed by atoms with van der Waals surface area (Å²) in [5.41, 5.74) is 9.45. The predicted molar refractivity (Wildman–Crippen MR) is 477 cm³/mol. The molecule has 1 aromatic heterocycles. The zero-order chi connectivity index (χ0) is 101. The van der Waals surface area contributed by atoms with E-state index >= 15 is 0 Å². The molecule has 30 rings (SSSR count). The Kier molecular flexibility index (Phi) is 34.4. The number of hydrogen-bond donors (Lipinski definition) is 24. The quantitative estimate of drug-likeness (QED) is 0.0294. The summed E-state index contributed by atoms with van der Waals surface area (Å²) in [7, 11) is 0. The number of aliphatic hydroxyl groups is 17. The minimum Gasteiger partial charge on any atom is -0.508 e. The van der Waals surface area contributed by atoms with Crippen molar-refractivity contribution in [2.24, 2.45) is 34.3 Å². The average molecular weight is 1990 g/mol. The molecule has 24 fully saturated rings. The number of nitrogens with two attached hydrogens (primary N) is 1.